The van der Waals surface area contributed by atoms with Crippen molar-refractivity contribution in [3.63, 3.8) is 0 Å². The van der Waals surface area contributed by atoms with Gasteiger partial charge in [0.05, 0.1) is 15.2 Å². The van der Waals surface area contributed by atoms with Crippen LogP contribution in [0.2, 0.25) is 10.2 Å². The minimum absolute atomic E-state index is 0.00291. The lowest BCUT2D eigenvalue weighted by Gasteiger charge is -2.04. The Bertz CT molecular complexity index is 742. The zero-order valence-electron chi connectivity index (χ0n) is 8.82. The summed E-state index contributed by atoms with van der Waals surface area (Å²) in [6, 6.07) is 6.35. The topological polar surface area (TPSA) is 25.8 Å². The fourth-order valence-electron chi connectivity index (χ4n) is 1.62. The number of thiophene rings is 1. The van der Waals surface area contributed by atoms with E-state index < -0.39 is 5.82 Å². The van der Waals surface area contributed by atoms with E-state index in [1.54, 1.807) is 12.1 Å². The summed E-state index contributed by atoms with van der Waals surface area (Å²) in [6.45, 7) is 0. The van der Waals surface area contributed by atoms with E-state index in [2.05, 4.69) is 9.97 Å². The van der Waals surface area contributed by atoms with Gasteiger partial charge in [-0.05, 0) is 23.6 Å². The van der Waals surface area contributed by atoms with Crippen molar-refractivity contribution in [2.45, 2.75) is 0 Å². The molecule has 3 aromatic rings. The SMILES string of the molecule is Fc1cccc(-c2nc(Cl)c3sccc3n2)c1Cl. The van der Waals surface area contributed by atoms with Crippen LogP contribution < -0.4 is 0 Å². The Kier molecular flexibility index (Phi) is 2.93. The fraction of sp³-hybridized carbons (Fsp3) is 0. The van der Waals surface area contributed by atoms with Gasteiger partial charge in [-0.2, -0.15) is 0 Å². The Labute approximate surface area is 116 Å². The molecule has 0 unspecified atom stereocenters. The molecule has 2 aromatic heterocycles. The van der Waals surface area contributed by atoms with Crippen molar-refractivity contribution in [2.24, 2.45) is 0 Å². The van der Waals surface area contributed by atoms with Crippen LogP contribution in [0.15, 0.2) is 29.6 Å². The number of nitrogens with zero attached hydrogens (tertiary/aromatic N) is 2. The molecule has 0 fully saturated rings. The van der Waals surface area contributed by atoms with E-state index in [4.69, 9.17) is 23.2 Å². The lowest BCUT2D eigenvalue weighted by molar-refractivity contribution is 0.628. The summed E-state index contributed by atoms with van der Waals surface area (Å²) in [7, 11) is 0. The smallest absolute Gasteiger partial charge is 0.163 e. The Balaban J connectivity index is 2.28. The van der Waals surface area contributed by atoms with Gasteiger partial charge in [-0.1, -0.05) is 29.3 Å². The molecule has 90 valence electrons. The summed E-state index contributed by atoms with van der Waals surface area (Å²) < 4.78 is 14.2. The van der Waals surface area contributed by atoms with Crippen molar-refractivity contribution < 1.29 is 4.39 Å². The van der Waals surface area contributed by atoms with Crippen LogP contribution in [0.25, 0.3) is 21.6 Å². The van der Waals surface area contributed by atoms with Gasteiger partial charge in [0, 0.05) is 5.56 Å². The first-order valence-corrected chi connectivity index (χ1v) is 6.65. The quantitative estimate of drug-likeness (QED) is 0.603. The molecule has 0 aliphatic carbocycles. The molecule has 0 spiro atoms. The molecule has 18 heavy (non-hydrogen) atoms. The molecule has 0 N–H and O–H groups in total. The van der Waals surface area contributed by atoms with Crippen LogP contribution in [-0.4, -0.2) is 9.97 Å². The lowest BCUT2D eigenvalue weighted by atomic mass is 10.2. The van der Waals surface area contributed by atoms with E-state index in [0.717, 1.165) is 10.2 Å². The van der Waals surface area contributed by atoms with Crippen LogP contribution in [0.1, 0.15) is 0 Å². The molecule has 0 atom stereocenters. The van der Waals surface area contributed by atoms with Gasteiger partial charge in [-0.3, -0.25) is 0 Å². The van der Waals surface area contributed by atoms with Crippen molar-refractivity contribution in [1.82, 2.24) is 9.97 Å². The van der Waals surface area contributed by atoms with Gasteiger partial charge in [0.2, 0.25) is 0 Å². The molecule has 0 amide bonds. The van der Waals surface area contributed by atoms with E-state index in [9.17, 15) is 4.39 Å². The van der Waals surface area contributed by atoms with Gasteiger partial charge in [0.15, 0.2) is 11.0 Å². The molecule has 0 aliphatic rings. The maximum absolute atomic E-state index is 13.4. The molecule has 0 aliphatic heterocycles. The second-order valence-corrected chi connectivity index (χ2v) is 5.23. The summed E-state index contributed by atoms with van der Waals surface area (Å²) in [4.78, 5) is 8.49. The molecule has 6 heteroatoms. The Morgan fingerprint density at radius 3 is 2.78 bits per heavy atom. The molecular formula is C12H5Cl2FN2S. The largest absolute Gasteiger partial charge is 0.227 e. The zero-order chi connectivity index (χ0) is 12.7. The van der Waals surface area contributed by atoms with Gasteiger partial charge < -0.3 is 0 Å². The summed E-state index contributed by atoms with van der Waals surface area (Å²) in [5.41, 5.74) is 1.17. The lowest BCUT2D eigenvalue weighted by Crippen LogP contribution is -1.92. The van der Waals surface area contributed by atoms with Crippen molar-refractivity contribution in [1.29, 1.82) is 0 Å². The molecular weight excluding hydrogens is 294 g/mol. The van der Waals surface area contributed by atoms with Crippen molar-refractivity contribution in [2.75, 3.05) is 0 Å². The normalized spacial score (nSPS) is 11.1. The van der Waals surface area contributed by atoms with Crippen LogP contribution >= 0.6 is 34.5 Å². The Hall–Kier alpha value is -1.23. The summed E-state index contributed by atoms with van der Waals surface area (Å²) in [5, 5.41) is 2.23. The van der Waals surface area contributed by atoms with Crippen LogP contribution in [0.4, 0.5) is 4.39 Å². The van der Waals surface area contributed by atoms with Gasteiger partial charge >= 0.3 is 0 Å². The minimum Gasteiger partial charge on any atom is -0.227 e. The third-order valence-corrected chi connectivity index (χ3v) is 4.13. The Morgan fingerprint density at radius 1 is 1.11 bits per heavy atom. The molecule has 0 radical (unpaired) electrons. The van der Waals surface area contributed by atoms with E-state index >= 15 is 0 Å². The van der Waals surface area contributed by atoms with Gasteiger partial charge in [0.25, 0.3) is 0 Å². The molecule has 2 nitrogen and oxygen atoms in total. The van der Waals surface area contributed by atoms with E-state index in [1.807, 2.05) is 11.4 Å². The first-order valence-electron chi connectivity index (χ1n) is 5.02. The highest BCUT2D eigenvalue weighted by molar-refractivity contribution is 7.17. The second-order valence-electron chi connectivity index (χ2n) is 3.57. The predicted octanol–water partition coefficient (Wildman–Crippen LogP) is 4.80. The molecule has 0 bridgehead atoms. The fourth-order valence-corrected chi connectivity index (χ4v) is 2.86. The highest BCUT2D eigenvalue weighted by atomic mass is 35.5. The van der Waals surface area contributed by atoms with Crippen molar-refractivity contribution >= 4 is 44.8 Å². The Morgan fingerprint density at radius 2 is 1.94 bits per heavy atom. The second kappa shape index (κ2) is 4.46. The molecule has 0 saturated heterocycles. The number of benzene rings is 1. The highest BCUT2D eigenvalue weighted by Crippen LogP contribution is 2.32. The number of rotatable bonds is 1. The maximum Gasteiger partial charge on any atom is 0.163 e. The predicted molar refractivity (Wildman–Crippen MR) is 72.8 cm³/mol. The highest BCUT2D eigenvalue weighted by Gasteiger charge is 2.13. The average Bonchev–Trinajstić information content (AvgIpc) is 2.81. The molecule has 0 saturated carbocycles. The number of hydrogen-bond acceptors (Lipinski definition) is 3. The van der Waals surface area contributed by atoms with Crippen LogP contribution in [-0.2, 0) is 0 Å². The number of aromatic nitrogens is 2. The number of halogens is 3. The summed E-state index contributed by atoms with van der Waals surface area (Å²) in [5.74, 6) is -0.172. The standard InChI is InChI=1S/C12H5Cl2FN2S/c13-9-6(2-1-3-7(9)15)12-16-8-4-5-18-10(8)11(14)17-12/h1-5H. The summed E-state index contributed by atoms with van der Waals surface area (Å²) >= 11 is 13.4. The molecule has 1 aromatic carbocycles. The maximum atomic E-state index is 13.4. The minimum atomic E-state index is -0.501. The van der Waals surface area contributed by atoms with Gasteiger partial charge in [-0.15, -0.1) is 11.3 Å². The first-order chi connectivity index (χ1) is 8.66. The van der Waals surface area contributed by atoms with Crippen molar-refractivity contribution in [3.05, 3.63) is 45.6 Å². The first kappa shape index (κ1) is 11.8. The number of fused-ring (bicyclic) bond motifs is 1. The monoisotopic (exact) mass is 298 g/mol. The van der Waals surface area contributed by atoms with Crippen LogP contribution in [0.3, 0.4) is 0 Å². The van der Waals surface area contributed by atoms with Gasteiger partial charge in [0.1, 0.15) is 5.82 Å². The average molecular weight is 299 g/mol. The van der Waals surface area contributed by atoms with E-state index in [-0.39, 0.29) is 5.02 Å². The zero-order valence-corrected chi connectivity index (χ0v) is 11.2. The third-order valence-electron chi connectivity index (χ3n) is 2.45. The van der Waals surface area contributed by atoms with Crippen LogP contribution in [0.5, 0.6) is 0 Å². The van der Waals surface area contributed by atoms with Crippen LogP contribution in [0, 0.1) is 5.82 Å². The van der Waals surface area contributed by atoms with E-state index in [1.165, 1.54) is 17.4 Å². The van der Waals surface area contributed by atoms with E-state index in [0.29, 0.717) is 16.5 Å². The number of hydrogen-bond donors (Lipinski definition) is 0. The summed E-state index contributed by atoms with van der Waals surface area (Å²) in [6.07, 6.45) is 0. The molecule has 3 rings (SSSR count). The van der Waals surface area contributed by atoms with Crippen molar-refractivity contribution in [3.8, 4) is 11.4 Å². The molecule has 2 heterocycles. The third kappa shape index (κ3) is 1.86. The van der Waals surface area contributed by atoms with Gasteiger partial charge in [-0.25, -0.2) is 14.4 Å².